The summed E-state index contributed by atoms with van der Waals surface area (Å²) in [6.07, 6.45) is 0.304. The van der Waals surface area contributed by atoms with Crippen molar-refractivity contribution in [1.29, 1.82) is 0 Å². The molecule has 0 atom stereocenters. The highest BCUT2D eigenvalue weighted by atomic mass is 32.1. The maximum absolute atomic E-state index is 13.1. The van der Waals surface area contributed by atoms with Crippen molar-refractivity contribution in [2.45, 2.75) is 26.1 Å². The Labute approximate surface area is 146 Å². The highest BCUT2D eigenvalue weighted by Gasteiger charge is 2.35. The van der Waals surface area contributed by atoms with Gasteiger partial charge in [0.25, 0.3) is 0 Å². The molecule has 0 bridgehead atoms. The molecule has 0 radical (unpaired) electrons. The monoisotopic (exact) mass is 366 g/mol. The Kier molecular flexibility index (Phi) is 3.94. The van der Waals surface area contributed by atoms with Crippen LogP contribution >= 0.6 is 11.3 Å². The van der Waals surface area contributed by atoms with E-state index < -0.39 is 11.7 Å². The Morgan fingerprint density at radius 2 is 2.08 bits per heavy atom. The normalized spacial score (nSPS) is 15.8. The van der Waals surface area contributed by atoms with Gasteiger partial charge in [-0.25, -0.2) is 9.97 Å². The number of thiazole rings is 1. The van der Waals surface area contributed by atoms with Gasteiger partial charge in [0.1, 0.15) is 5.82 Å². The van der Waals surface area contributed by atoms with Gasteiger partial charge in [-0.1, -0.05) is 24.3 Å². The quantitative estimate of drug-likeness (QED) is 0.694. The van der Waals surface area contributed by atoms with Crippen LogP contribution < -0.4 is 4.90 Å². The van der Waals surface area contributed by atoms with Crippen molar-refractivity contribution in [3.05, 3.63) is 42.0 Å². The first-order valence-corrected chi connectivity index (χ1v) is 8.99. The third-order valence-corrected chi connectivity index (χ3v) is 5.60. The number of nitrogens with zero attached hydrogens (tertiary/aromatic N) is 4. The Morgan fingerprint density at radius 3 is 2.80 bits per heavy atom. The van der Waals surface area contributed by atoms with Crippen molar-refractivity contribution in [1.82, 2.24) is 14.5 Å². The van der Waals surface area contributed by atoms with E-state index in [4.69, 9.17) is 0 Å². The summed E-state index contributed by atoms with van der Waals surface area (Å²) in [6, 6.07) is 4.23. The van der Waals surface area contributed by atoms with E-state index in [0.717, 1.165) is 37.9 Å². The Morgan fingerprint density at radius 1 is 1.28 bits per heavy atom. The number of hydrogen-bond acceptors (Lipinski definition) is 4. The molecular weight excluding hydrogens is 349 g/mol. The maximum atomic E-state index is 13.1. The molecule has 0 spiro atoms. The highest BCUT2D eigenvalue weighted by molar-refractivity contribution is 7.22. The average molecular weight is 366 g/mol. The fourth-order valence-electron chi connectivity index (χ4n) is 3.24. The van der Waals surface area contributed by atoms with Crippen LogP contribution in [-0.2, 0) is 19.1 Å². The number of para-hydroxylation sites is 1. The minimum atomic E-state index is -4.37. The van der Waals surface area contributed by atoms with Crippen LogP contribution in [0.1, 0.15) is 18.3 Å². The second-order valence-corrected chi connectivity index (χ2v) is 7.28. The number of benzene rings is 1. The van der Waals surface area contributed by atoms with Crippen LogP contribution in [0, 0.1) is 5.92 Å². The van der Waals surface area contributed by atoms with Crippen molar-refractivity contribution in [3.63, 3.8) is 0 Å². The molecule has 25 heavy (non-hydrogen) atoms. The van der Waals surface area contributed by atoms with E-state index in [1.165, 1.54) is 17.4 Å². The molecule has 8 heteroatoms. The summed E-state index contributed by atoms with van der Waals surface area (Å²) >= 11 is 1.32. The van der Waals surface area contributed by atoms with Crippen LogP contribution in [0.2, 0.25) is 0 Å². The standard InChI is InChI=1S/C17H17F3N4S/c1-2-14-21-6-7-23(14)8-11-9-24(10-11)16-22-15-12(17(18,19)20)4-3-5-13(15)25-16/h3-7,11H,2,8-10H2,1H3. The van der Waals surface area contributed by atoms with E-state index in [0.29, 0.717) is 15.7 Å². The lowest BCUT2D eigenvalue weighted by molar-refractivity contribution is -0.136. The second-order valence-electron chi connectivity index (χ2n) is 6.27. The molecule has 1 saturated heterocycles. The van der Waals surface area contributed by atoms with Crippen LogP contribution in [0.5, 0.6) is 0 Å². The summed E-state index contributed by atoms with van der Waals surface area (Å²) < 4.78 is 42.1. The van der Waals surface area contributed by atoms with Crippen molar-refractivity contribution in [2.24, 2.45) is 5.92 Å². The predicted octanol–water partition coefficient (Wildman–Crippen LogP) is 4.21. The molecule has 0 unspecified atom stereocenters. The van der Waals surface area contributed by atoms with Gasteiger partial charge < -0.3 is 9.47 Å². The lowest BCUT2D eigenvalue weighted by Gasteiger charge is -2.39. The molecule has 4 nitrogen and oxygen atoms in total. The van der Waals surface area contributed by atoms with Gasteiger partial charge in [0.05, 0.1) is 15.8 Å². The third-order valence-electron chi connectivity index (χ3n) is 4.51. The molecule has 1 aliphatic heterocycles. The fourth-order valence-corrected chi connectivity index (χ4v) is 4.25. The minimum Gasteiger partial charge on any atom is -0.347 e. The molecular formula is C17H17F3N4S. The number of alkyl halides is 3. The molecule has 0 N–H and O–H groups in total. The highest BCUT2D eigenvalue weighted by Crippen LogP contribution is 2.39. The number of hydrogen-bond donors (Lipinski definition) is 0. The lowest BCUT2D eigenvalue weighted by atomic mass is 10.0. The van der Waals surface area contributed by atoms with Crippen LogP contribution in [0.15, 0.2) is 30.6 Å². The smallest absolute Gasteiger partial charge is 0.347 e. The van der Waals surface area contributed by atoms with Crippen molar-refractivity contribution in [3.8, 4) is 0 Å². The van der Waals surface area contributed by atoms with Gasteiger partial charge in [-0.3, -0.25) is 0 Å². The van der Waals surface area contributed by atoms with Gasteiger partial charge in [0.15, 0.2) is 5.13 Å². The van der Waals surface area contributed by atoms with E-state index in [9.17, 15) is 13.2 Å². The molecule has 132 valence electrons. The number of imidazole rings is 1. The molecule has 3 aromatic rings. The van der Waals surface area contributed by atoms with Crippen molar-refractivity contribution >= 4 is 26.7 Å². The van der Waals surface area contributed by atoms with Gasteiger partial charge >= 0.3 is 6.18 Å². The van der Waals surface area contributed by atoms with E-state index >= 15 is 0 Å². The van der Waals surface area contributed by atoms with E-state index in [-0.39, 0.29) is 5.52 Å². The van der Waals surface area contributed by atoms with Crippen molar-refractivity contribution in [2.75, 3.05) is 18.0 Å². The Bertz CT molecular complexity index is 893. The van der Waals surface area contributed by atoms with Gasteiger partial charge in [-0.05, 0) is 12.1 Å². The first-order chi connectivity index (χ1) is 12.0. The SMILES string of the molecule is CCc1nccn1CC1CN(c2nc3c(C(F)(F)F)cccc3s2)C1. The van der Waals surface area contributed by atoms with Crippen LogP contribution in [0.4, 0.5) is 18.3 Å². The summed E-state index contributed by atoms with van der Waals surface area (Å²) in [5.41, 5.74) is -0.600. The Hall–Kier alpha value is -2.09. The number of aromatic nitrogens is 3. The van der Waals surface area contributed by atoms with Crippen LogP contribution in [0.25, 0.3) is 10.2 Å². The molecule has 4 rings (SSSR count). The van der Waals surface area contributed by atoms with Gasteiger partial charge in [0, 0.05) is 44.4 Å². The lowest BCUT2D eigenvalue weighted by Crippen LogP contribution is -2.48. The molecule has 0 saturated carbocycles. The molecule has 0 aliphatic carbocycles. The van der Waals surface area contributed by atoms with Gasteiger partial charge in [-0.2, -0.15) is 13.2 Å². The second kappa shape index (κ2) is 6.01. The average Bonchev–Trinajstić information content (AvgIpc) is 3.14. The fraction of sp³-hybridized carbons (Fsp3) is 0.412. The number of fused-ring (bicyclic) bond motifs is 1. The van der Waals surface area contributed by atoms with Crippen LogP contribution in [0.3, 0.4) is 0 Å². The maximum Gasteiger partial charge on any atom is 0.418 e. The number of halogens is 3. The molecule has 1 fully saturated rings. The van der Waals surface area contributed by atoms with Crippen molar-refractivity contribution < 1.29 is 13.2 Å². The molecule has 3 heterocycles. The first-order valence-electron chi connectivity index (χ1n) is 8.17. The third kappa shape index (κ3) is 2.99. The summed E-state index contributed by atoms with van der Waals surface area (Å²) in [4.78, 5) is 10.6. The molecule has 1 aliphatic rings. The number of aryl methyl sites for hydroxylation is 1. The predicted molar refractivity (Wildman–Crippen MR) is 91.9 cm³/mol. The Balaban J connectivity index is 1.49. The summed E-state index contributed by atoms with van der Waals surface area (Å²) in [6.45, 7) is 4.58. The van der Waals surface area contributed by atoms with E-state index in [1.807, 2.05) is 12.4 Å². The zero-order valence-corrected chi connectivity index (χ0v) is 14.4. The summed E-state index contributed by atoms with van der Waals surface area (Å²) in [7, 11) is 0. The van der Waals surface area contributed by atoms with E-state index in [2.05, 4.69) is 26.4 Å². The minimum absolute atomic E-state index is 0.0568. The zero-order chi connectivity index (χ0) is 17.6. The van der Waals surface area contributed by atoms with Gasteiger partial charge in [-0.15, -0.1) is 0 Å². The van der Waals surface area contributed by atoms with Gasteiger partial charge in [0.2, 0.25) is 0 Å². The number of anilines is 1. The molecule has 0 amide bonds. The summed E-state index contributed by atoms with van der Waals surface area (Å²) in [5.74, 6) is 1.53. The molecule has 2 aromatic heterocycles. The summed E-state index contributed by atoms with van der Waals surface area (Å²) in [5, 5.41) is 0.671. The topological polar surface area (TPSA) is 34.0 Å². The zero-order valence-electron chi connectivity index (χ0n) is 13.6. The molecule has 1 aromatic carbocycles. The first kappa shape index (κ1) is 16.4. The van der Waals surface area contributed by atoms with Crippen LogP contribution in [-0.4, -0.2) is 27.6 Å². The largest absolute Gasteiger partial charge is 0.418 e. The number of rotatable bonds is 4. The van der Waals surface area contributed by atoms with E-state index in [1.54, 1.807) is 6.07 Å².